The first-order valence-corrected chi connectivity index (χ1v) is 6.89. The molecule has 0 aliphatic rings. The van der Waals surface area contributed by atoms with Crippen LogP contribution in [0.4, 0.5) is 0 Å². The van der Waals surface area contributed by atoms with E-state index in [0.29, 0.717) is 17.6 Å². The summed E-state index contributed by atoms with van der Waals surface area (Å²) in [6.07, 6.45) is 2.46. The van der Waals surface area contributed by atoms with Gasteiger partial charge in [0.25, 0.3) is 0 Å². The van der Waals surface area contributed by atoms with Gasteiger partial charge in [0.05, 0.1) is 11.1 Å². The van der Waals surface area contributed by atoms with Crippen LogP contribution in [0.25, 0.3) is 10.9 Å². The van der Waals surface area contributed by atoms with Crippen LogP contribution in [0.5, 0.6) is 0 Å². The molecule has 1 heterocycles. The van der Waals surface area contributed by atoms with Crippen LogP contribution in [0, 0.1) is 6.92 Å². The SMILES string of the molecule is CCCn1c(C)c(C=O)c2cc(CC)cc(C(=O)O)c21. The summed E-state index contributed by atoms with van der Waals surface area (Å²) in [5, 5.41) is 10.2. The maximum absolute atomic E-state index is 11.5. The largest absolute Gasteiger partial charge is 0.478 e. The summed E-state index contributed by atoms with van der Waals surface area (Å²) in [7, 11) is 0. The molecular weight excluding hydrogens is 254 g/mol. The van der Waals surface area contributed by atoms with Crippen molar-refractivity contribution in [1.82, 2.24) is 4.57 Å². The van der Waals surface area contributed by atoms with Gasteiger partial charge in [-0.2, -0.15) is 0 Å². The van der Waals surface area contributed by atoms with Crippen molar-refractivity contribution in [2.24, 2.45) is 0 Å². The van der Waals surface area contributed by atoms with E-state index in [2.05, 4.69) is 0 Å². The van der Waals surface area contributed by atoms with E-state index >= 15 is 0 Å². The average Bonchev–Trinajstić information content (AvgIpc) is 2.70. The number of carboxylic acids is 1. The van der Waals surface area contributed by atoms with E-state index in [-0.39, 0.29) is 5.56 Å². The van der Waals surface area contributed by atoms with Gasteiger partial charge in [-0.3, -0.25) is 4.79 Å². The first-order valence-electron chi connectivity index (χ1n) is 6.89. The van der Waals surface area contributed by atoms with E-state index in [1.165, 1.54) is 0 Å². The van der Waals surface area contributed by atoms with Gasteiger partial charge in [0, 0.05) is 23.2 Å². The minimum absolute atomic E-state index is 0.281. The summed E-state index contributed by atoms with van der Waals surface area (Å²) >= 11 is 0. The third-order valence-corrected chi connectivity index (χ3v) is 3.73. The topological polar surface area (TPSA) is 59.3 Å². The Balaban J connectivity index is 2.95. The molecule has 1 aromatic carbocycles. The number of nitrogens with zero attached hydrogens (tertiary/aromatic N) is 1. The minimum atomic E-state index is -0.947. The van der Waals surface area contributed by atoms with Gasteiger partial charge in [-0.25, -0.2) is 4.79 Å². The summed E-state index contributed by atoms with van der Waals surface area (Å²) in [6, 6.07) is 3.65. The van der Waals surface area contributed by atoms with E-state index < -0.39 is 5.97 Å². The highest BCUT2D eigenvalue weighted by molar-refractivity contribution is 6.08. The molecule has 0 aliphatic heterocycles. The highest BCUT2D eigenvalue weighted by atomic mass is 16.4. The molecule has 20 heavy (non-hydrogen) atoms. The smallest absolute Gasteiger partial charge is 0.337 e. The molecule has 1 aromatic heterocycles. The summed E-state index contributed by atoms with van der Waals surface area (Å²) in [5.41, 5.74) is 3.32. The van der Waals surface area contributed by atoms with Crippen molar-refractivity contribution in [3.63, 3.8) is 0 Å². The summed E-state index contributed by atoms with van der Waals surface area (Å²) in [5.74, 6) is -0.947. The third kappa shape index (κ3) is 2.11. The highest BCUT2D eigenvalue weighted by Gasteiger charge is 2.20. The first-order chi connectivity index (χ1) is 9.54. The number of aryl methyl sites for hydroxylation is 2. The van der Waals surface area contributed by atoms with Gasteiger partial charge in [-0.1, -0.05) is 13.8 Å². The van der Waals surface area contributed by atoms with Gasteiger partial charge >= 0.3 is 5.97 Å². The number of aldehydes is 1. The van der Waals surface area contributed by atoms with E-state index in [1.54, 1.807) is 6.07 Å². The standard InChI is InChI=1S/C16H19NO3/c1-4-6-17-10(3)14(9-18)12-7-11(5-2)8-13(15(12)17)16(19)20/h7-9H,4-6H2,1-3H3,(H,19,20). The molecule has 2 aromatic rings. The van der Waals surface area contributed by atoms with Crippen LogP contribution >= 0.6 is 0 Å². The van der Waals surface area contributed by atoms with Crippen LogP contribution in [-0.4, -0.2) is 21.9 Å². The molecule has 0 bridgehead atoms. The van der Waals surface area contributed by atoms with Crippen LogP contribution < -0.4 is 0 Å². The lowest BCUT2D eigenvalue weighted by molar-refractivity contribution is 0.0698. The monoisotopic (exact) mass is 273 g/mol. The Labute approximate surface area is 118 Å². The molecular formula is C16H19NO3. The summed E-state index contributed by atoms with van der Waals surface area (Å²) < 4.78 is 1.95. The van der Waals surface area contributed by atoms with Gasteiger partial charge < -0.3 is 9.67 Å². The molecule has 4 heteroatoms. The number of carbonyl (C=O) groups is 2. The molecule has 0 atom stereocenters. The predicted molar refractivity (Wildman–Crippen MR) is 78.7 cm³/mol. The molecule has 1 N–H and O–H groups in total. The number of aromatic nitrogens is 1. The Morgan fingerprint density at radius 3 is 2.55 bits per heavy atom. The van der Waals surface area contributed by atoms with Crippen LogP contribution in [-0.2, 0) is 13.0 Å². The van der Waals surface area contributed by atoms with Crippen LogP contribution in [0.15, 0.2) is 12.1 Å². The van der Waals surface area contributed by atoms with Gasteiger partial charge in [-0.15, -0.1) is 0 Å². The summed E-state index contributed by atoms with van der Waals surface area (Å²) in [6.45, 7) is 6.59. The number of hydrogen-bond donors (Lipinski definition) is 1. The van der Waals surface area contributed by atoms with Crippen molar-refractivity contribution in [3.8, 4) is 0 Å². The lowest BCUT2D eigenvalue weighted by atomic mass is 10.0. The zero-order chi connectivity index (χ0) is 14.9. The Morgan fingerprint density at radius 1 is 1.35 bits per heavy atom. The molecule has 0 spiro atoms. The fourth-order valence-corrected chi connectivity index (χ4v) is 2.72. The van der Waals surface area contributed by atoms with Crippen molar-refractivity contribution >= 4 is 23.2 Å². The number of hydrogen-bond acceptors (Lipinski definition) is 2. The van der Waals surface area contributed by atoms with Crippen LogP contribution in [0.2, 0.25) is 0 Å². The molecule has 106 valence electrons. The molecule has 0 fully saturated rings. The zero-order valence-corrected chi connectivity index (χ0v) is 12.1. The quantitative estimate of drug-likeness (QED) is 0.849. The first kappa shape index (κ1) is 14.3. The van der Waals surface area contributed by atoms with E-state index in [9.17, 15) is 14.7 Å². The molecule has 2 rings (SSSR count). The van der Waals surface area contributed by atoms with E-state index in [4.69, 9.17) is 0 Å². The Bertz CT molecular complexity index is 683. The molecule has 0 amide bonds. The molecule has 4 nitrogen and oxygen atoms in total. The van der Waals surface area contributed by atoms with E-state index in [1.807, 2.05) is 31.4 Å². The summed E-state index contributed by atoms with van der Waals surface area (Å²) in [4.78, 5) is 22.9. The van der Waals surface area contributed by atoms with Gasteiger partial charge in [0.2, 0.25) is 0 Å². The molecule has 0 saturated carbocycles. The molecule has 0 unspecified atom stereocenters. The van der Waals surface area contributed by atoms with Crippen molar-refractivity contribution in [2.45, 2.75) is 40.2 Å². The number of aromatic carboxylic acids is 1. The van der Waals surface area contributed by atoms with E-state index in [0.717, 1.165) is 35.8 Å². The molecule has 0 radical (unpaired) electrons. The van der Waals surface area contributed by atoms with Crippen molar-refractivity contribution < 1.29 is 14.7 Å². The zero-order valence-electron chi connectivity index (χ0n) is 12.1. The number of carbonyl (C=O) groups excluding carboxylic acids is 1. The Kier molecular flexibility index (Phi) is 3.93. The lowest BCUT2D eigenvalue weighted by Crippen LogP contribution is -2.05. The van der Waals surface area contributed by atoms with Crippen molar-refractivity contribution in [1.29, 1.82) is 0 Å². The molecule has 0 saturated heterocycles. The Hall–Kier alpha value is -2.10. The van der Waals surface area contributed by atoms with Crippen molar-refractivity contribution in [2.75, 3.05) is 0 Å². The number of carboxylic acid groups (broad SMARTS) is 1. The van der Waals surface area contributed by atoms with Gasteiger partial charge in [0.1, 0.15) is 0 Å². The number of rotatable bonds is 5. The Morgan fingerprint density at radius 2 is 2.05 bits per heavy atom. The minimum Gasteiger partial charge on any atom is -0.478 e. The van der Waals surface area contributed by atoms with Crippen LogP contribution in [0.3, 0.4) is 0 Å². The molecule has 0 aliphatic carbocycles. The third-order valence-electron chi connectivity index (χ3n) is 3.73. The van der Waals surface area contributed by atoms with Gasteiger partial charge in [-0.05, 0) is 37.5 Å². The number of benzene rings is 1. The predicted octanol–water partition coefficient (Wildman–Crippen LogP) is 3.43. The highest BCUT2D eigenvalue weighted by Crippen LogP contribution is 2.29. The maximum Gasteiger partial charge on any atom is 0.337 e. The average molecular weight is 273 g/mol. The second kappa shape index (κ2) is 5.49. The number of fused-ring (bicyclic) bond motifs is 1. The second-order valence-corrected chi connectivity index (χ2v) is 4.97. The normalized spacial score (nSPS) is 10.9. The van der Waals surface area contributed by atoms with Crippen molar-refractivity contribution in [3.05, 3.63) is 34.5 Å². The fraction of sp³-hybridized carbons (Fsp3) is 0.375. The maximum atomic E-state index is 11.5. The lowest BCUT2D eigenvalue weighted by Gasteiger charge is -2.09. The van der Waals surface area contributed by atoms with Crippen LogP contribution in [0.1, 0.15) is 52.2 Å². The second-order valence-electron chi connectivity index (χ2n) is 4.97. The fourth-order valence-electron chi connectivity index (χ4n) is 2.72. The van der Waals surface area contributed by atoms with Gasteiger partial charge in [0.15, 0.2) is 6.29 Å².